The number of benzene rings is 2. The molecule has 24 heavy (non-hydrogen) atoms. The van der Waals surface area contributed by atoms with Crippen LogP contribution < -0.4 is 10.1 Å². The topological polar surface area (TPSA) is 51.5 Å². The van der Waals surface area contributed by atoms with Gasteiger partial charge in [0.15, 0.2) is 11.6 Å². The Morgan fingerprint density at radius 1 is 1.21 bits per heavy atom. The van der Waals surface area contributed by atoms with E-state index in [1.165, 1.54) is 12.1 Å². The van der Waals surface area contributed by atoms with E-state index in [4.69, 9.17) is 9.15 Å². The van der Waals surface area contributed by atoms with Gasteiger partial charge >= 0.3 is 0 Å². The minimum absolute atomic E-state index is 0.111. The maximum absolute atomic E-state index is 13.4. The van der Waals surface area contributed by atoms with E-state index in [-0.39, 0.29) is 30.7 Å². The van der Waals surface area contributed by atoms with Gasteiger partial charge < -0.3 is 14.5 Å². The number of carbonyl (C=O) groups is 1. The Hall–Kier alpha value is -2.82. The highest BCUT2D eigenvalue weighted by Crippen LogP contribution is 2.23. The minimum atomic E-state index is -0.437. The Labute approximate surface area is 139 Å². The van der Waals surface area contributed by atoms with Gasteiger partial charge in [0, 0.05) is 5.39 Å². The molecule has 0 bridgehead atoms. The first kappa shape index (κ1) is 16.1. The molecule has 5 heteroatoms. The van der Waals surface area contributed by atoms with E-state index < -0.39 is 5.82 Å². The van der Waals surface area contributed by atoms with Crippen LogP contribution in [0.5, 0.6) is 5.75 Å². The molecule has 1 atom stereocenters. The molecule has 0 fully saturated rings. The molecule has 4 nitrogen and oxygen atoms in total. The van der Waals surface area contributed by atoms with Crippen LogP contribution in [0.25, 0.3) is 11.0 Å². The Morgan fingerprint density at radius 3 is 2.75 bits per heavy atom. The van der Waals surface area contributed by atoms with E-state index in [1.807, 2.05) is 37.3 Å². The first-order valence-electron chi connectivity index (χ1n) is 7.78. The zero-order valence-corrected chi connectivity index (χ0v) is 13.3. The second kappa shape index (κ2) is 7.17. The highest BCUT2D eigenvalue weighted by molar-refractivity contribution is 5.79. The number of furan rings is 1. The number of fused-ring (bicyclic) bond motifs is 1. The SMILES string of the molecule is CC(NC(=O)CCOc1ccccc1F)c1cc2ccccc2o1. The Kier molecular flexibility index (Phi) is 4.79. The third-order valence-corrected chi connectivity index (χ3v) is 3.67. The smallest absolute Gasteiger partial charge is 0.224 e. The number of hydrogen-bond acceptors (Lipinski definition) is 3. The van der Waals surface area contributed by atoms with Gasteiger partial charge in [-0.05, 0) is 31.2 Å². The number of amides is 1. The Morgan fingerprint density at radius 2 is 1.96 bits per heavy atom. The van der Waals surface area contributed by atoms with Crippen molar-refractivity contribution in [2.24, 2.45) is 0 Å². The van der Waals surface area contributed by atoms with Crippen molar-refractivity contribution in [3.05, 3.63) is 66.2 Å². The lowest BCUT2D eigenvalue weighted by atomic mass is 10.2. The lowest BCUT2D eigenvalue weighted by Crippen LogP contribution is -2.27. The molecule has 0 saturated heterocycles. The molecule has 3 aromatic rings. The number of nitrogens with one attached hydrogen (secondary N) is 1. The maximum atomic E-state index is 13.4. The van der Waals surface area contributed by atoms with Crippen molar-refractivity contribution >= 4 is 16.9 Å². The zero-order chi connectivity index (χ0) is 16.9. The summed E-state index contributed by atoms with van der Waals surface area (Å²) < 4.78 is 24.4. The number of hydrogen-bond donors (Lipinski definition) is 1. The number of halogens is 1. The molecule has 1 N–H and O–H groups in total. The van der Waals surface area contributed by atoms with Crippen LogP contribution >= 0.6 is 0 Å². The van der Waals surface area contributed by atoms with E-state index in [0.29, 0.717) is 5.76 Å². The average molecular weight is 327 g/mol. The van der Waals surface area contributed by atoms with Crippen molar-refractivity contribution in [1.82, 2.24) is 5.32 Å². The van der Waals surface area contributed by atoms with Gasteiger partial charge in [0.1, 0.15) is 11.3 Å². The van der Waals surface area contributed by atoms with Crippen molar-refractivity contribution in [3.63, 3.8) is 0 Å². The number of carbonyl (C=O) groups excluding carboxylic acids is 1. The van der Waals surface area contributed by atoms with Gasteiger partial charge in [-0.15, -0.1) is 0 Å². The largest absolute Gasteiger partial charge is 0.490 e. The van der Waals surface area contributed by atoms with Crippen molar-refractivity contribution in [2.75, 3.05) is 6.61 Å². The molecule has 2 aromatic carbocycles. The molecule has 124 valence electrons. The van der Waals surface area contributed by atoms with Crippen LogP contribution in [0.4, 0.5) is 4.39 Å². The van der Waals surface area contributed by atoms with Crippen molar-refractivity contribution < 1.29 is 18.3 Å². The first-order chi connectivity index (χ1) is 11.6. The predicted octanol–water partition coefficient (Wildman–Crippen LogP) is 4.22. The molecule has 3 rings (SSSR count). The van der Waals surface area contributed by atoms with Crippen LogP contribution in [-0.2, 0) is 4.79 Å². The average Bonchev–Trinajstić information content (AvgIpc) is 3.01. The monoisotopic (exact) mass is 327 g/mol. The Balaban J connectivity index is 1.51. The summed E-state index contributed by atoms with van der Waals surface area (Å²) in [6, 6.07) is 15.5. The summed E-state index contributed by atoms with van der Waals surface area (Å²) >= 11 is 0. The first-order valence-corrected chi connectivity index (χ1v) is 7.78. The third-order valence-electron chi connectivity index (χ3n) is 3.67. The van der Waals surface area contributed by atoms with Crippen molar-refractivity contribution in [2.45, 2.75) is 19.4 Å². The fourth-order valence-corrected chi connectivity index (χ4v) is 2.42. The van der Waals surface area contributed by atoms with E-state index in [1.54, 1.807) is 12.1 Å². The zero-order valence-electron chi connectivity index (χ0n) is 13.3. The Bertz CT molecular complexity index is 810. The van der Waals surface area contributed by atoms with Gasteiger partial charge in [-0.2, -0.15) is 0 Å². The predicted molar refractivity (Wildman–Crippen MR) is 89.3 cm³/mol. The molecule has 1 aromatic heterocycles. The number of rotatable bonds is 6. The normalized spacial score (nSPS) is 12.1. The second-order valence-corrected chi connectivity index (χ2v) is 5.50. The van der Waals surface area contributed by atoms with Crippen LogP contribution in [0.2, 0.25) is 0 Å². The highest BCUT2D eigenvalue weighted by Gasteiger charge is 2.14. The summed E-state index contributed by atoms with van der Waals surface area (Å²) in [5, 5.41) is 3.85. The standard InChI is InChI=1S/C19H18FNO3/c1-13(18-12-14-6-2-4-8-16(14)24-18)21-19(22)10-11-23-17-9-5-3-7-15(17)20/h2-9,12-13H,10-11H2,1H3,(H,21,22). The molecule has 0 aliphatic heterocycles. The molecule has 0 aliphatic rings. The molecule has 0 saturated carbocycles. The van der Waals surface area contributed by atoms with Crippen molar-refractivity contribution in [3.8, 4) is 5.75 Å². The van der Waals surface area contributed by atoms with Gasteiger partial charge in [0.25, 0.3) is 0 Å². The van der Waals surface area contributed by atoms with Crippen LogP contribution in [0.15, 0.2) is 59.0 Å². The van der Waals surface area contributed by atoms with Gasteiger partial charge in [-0.3, -0.25) is 4.79 Å². The van der Waals surface area contributed by atoms with Gasteiger partial charge in [-0.25, -0.2) is 4.39 Å². The van der Waals surface area contributed by atoms with Crippen LogP contribution in [-0.4, -0.2) is 12.5 Å². The van der Waals surface area contributed by atoms with E-state index >= 15 is 0 Å². The van der Waals surface area contributed by atoms with Gasteiger partial charge in [0.05, 0.1) is 19.1 Å². The van der Waals surface area contributed by atoms with Crippen LogP contribution in [0, 0.1) is 5.82 Å². The highest BCUT2D eigenvalue weighted by atomic mass is 19.1. The van der Waals surface area contributed by atoms with Crippen LogP contribution in [0.1, 0.15) is 25.1 Å². The molecule has 0 radical (unpaired) electrons. The van der Waals surface area contributed by atoms with Gasteiger partial charge in [0.2, 0.25) is 5.91 Å². The van der Waals surface area contributed by atoms with Gasteiger partial charge in [-0.1, -0.05) is 30.3 Å². The number of para-hydroxylation sites is 2. The summed E-state index contributed by atoms with van der Waals surface area (Å²) in [5.74, 6) is 0.225. The second-order valence-electron chi connectivity index (χ2n) is 5.50. The molecule has 1 amide bonds. The van der Waals surface area contributed by atoms with E-state index in [2.05, 4.69) is 5.32 Å². The summed E-state index contributed by atoms with van der Waals surface area (Å²) in [6.07, 6.45) is 0.138. The molecule has 1 unspecified atom stereocenters. The third kappa shape index (κ3) is 3.74. The van der Waals surface area contributed by atoms with Crippen LogP contribution in [0.3, 0.4) is 0 Å². The van der Waals surface area contributed by atoms with E-state index in [9.17, 15) is 9.18 Å². The van der Waals surface area contributed by atoms with Crippen molar-refractivity contribution in [1.29, 1.82) is 0 Å². The minimum Gasteiger partial charge on any atom is -0.490 e. The molecule has 1 heterocycles. The molecule has 0 spiro atoms. The summed E-state index contributed by atoms with van der Waals surface area (Å²) in [6.45, 7) is 1.97. The maximum Gasteiger partial charge on any atom is 0.224 e. The summed E-state index contributed by atoms with van der Waals surface area (Å²) in [5.41, 5.74) is 0.788. The number of ether oxygens (including phenoxy) is 1. The quantitative estimate of drug-likeness (QED) is 0.737. The fraction of sp³-hybridized carbons (Fsp3) is 0.211. The fourth-order valence-electron chi connectivity index (χ4n) is 2.42. The van der Waals surface area contributed by atoms with E-state index in [0.717, 1.165) is 11.0 Å². The molecular formula is C19H18FNO3. The molecule has 0 aliphatic carbocycles. The molecular weight excluding hydrogens is 309 g/mol. The lowest BCUT2D eigenvalue weighted by Gasteiger charge is -2.12. The summed E-state index contributed by atoms with van der Waals surface area (Å²) in [4.78, 5) is 12.0. The summed E-state index contributed by atoms with van der Waals surface area (Å²) in [7, 11) is 0. The lowest BCUT2D eigenvalue weighted by molar-refractivity contribution is -0.122.